The third kappa shape index (κ3) is 1.80. The Kier molecular flexibility index (Phi) is 2.64. The number of aromatic nitrogens is 2. The van der Waals surface area contributed by atoms with E-state index in [1.165, 1.54) is 6.20 Å². The fraction of sp³-hybridized carbons (Fsp3) is 0.333. The molecule has 0 spiro atoms. The Morgan fingerprint density at radius 2 is 2.64 bits per heavy atom. The summed E-state index contributed by atoms with van der Waals surface area (Å²) in [5, 5.41) is 3.73. The number of hydrogen-bond acceptors (Lipinski definition) is 3. The van der Waals surface area contributed by atoms with Crippen molar-refractivity contribution in [2.75, 3.05) is 6.61 Å². The van der Waals surface area contributed by atoms with Crippen molar-refractivity contribution in [2.45, 2.75) is 6.92 Å². The first-order chi connectivity index (χ1) is 5.25. The first-order valence-electron chi connectivity index (χ1n) is 3.12. The molecule has 4 nitrogen and oxygen atoms in total. The number of carbonyl (C=O) groups is 1. The van der Waals surface area contributed by atoms with Gasteiger partial charge in [-0.3, -0.25) is 0 Å². The standard InChI is InChI=1S/C6H7BrN2O2/c1-2-11-6(10)9-5(7)3-4-8-9/h3-4H,2H2,1H3. The minimum Gasteiger partial charge on any atom is -0.448 e. The smallest absolute Gasteiger partial charge is 0.435 e. The second kappa shape index (κ2) is 3.52. The normalized spacial score (nSPS) is 9.64. The van der Waals surface area contributed by atoms with Crippen LogP contribution in [0.4, 0.5) is 4.79 Å². The van der Waals surface area contributed by atoms with Crippen molar-refractivity contribution in [3.8, 4) is 0 Å². The van der Waals surface area contributed by atoms with Crippen molar-refractivity contribution in [3.63, 3.8) is 0 Å². The van der Waals surface area contributed by atoms with Gasteiger partial charge in [0.1, 0.15) is 4.60 Å². The lowest BCUT2D eigenvalue weighted by Gasteiger charge is -2.00. The van der Waals surface area contributed by atoms with E-state index >= 15 is 0 Å². The third-order valence-electron chi connectivity index (χ3n) is 1.04. The van der Waals surface area contributed by atoms with Gasteiger partial charge in [-0.2, -0.15) is 9.78 Å². The van der Waals surface area contributed by atoms with E-state index in [-0.39, 0.29) is 0 Å². The molecule has 5 heteroatoms. The molecule has 0 aliphatic heterocycles. The van der Waals surface area contributed by atoms with Crippen LogP contribution >= 0.6 is 15.9 Å². The molecule has 0 bridgehead atoms. The molecule has 1 heterocycles. The van der Waals surface area contributed by atoms with E-state index in [4.69, 9.17) is 4.74 Å². The third-order valence-corrected chi connectivity index (χ3v) is 1.64. The van der Waals surface area contributed by atoms with Gasteiger partial charge in [0.05, 0.1) is 12.8 Å². The Morgan fingerprint density at radius 1 is 1.91 bits per heavy atom. The number of rotatable bonds is 1. The van der Waals surface area contributed by atoms with E-state index in [1.54, 1.807) is 13.0 Å². The summed E-state index contributed by atoms with van der Waals surface area (Å²) in [4.78, 5) is 11.0. The molecule has 0 radical (unpaired) electrons. The highest BCUT2D eigenvalue weighted by atomic mass is 79.9. The van der Waals surface area contributed by atoms with Crippen molar-refractivity contribution < 1.29 is 9.53 Å². The van der Waals surface area contributed by atoms with Crippen LogP contribution in [0.25, 0.3) is 0 Å². The Balaban J connectivity index is 2.76. The summed E-state index contributed by atoms with van der Waals surface area (Å²) in [5.41, 5.74) is 0. The molecular weight excluding hydrogens is 212 g/mol. The molecule has 1 rings (SSSR count). The Bertz CT molecular complexity index is 259. The molecule has 0 fully saturated rings. The first kappa shape index (κ1) is 8.26. The van der Waals surface area contributed by atoms with E-state index < -0.39 is 6.09 Å². The number of hydrogen-bond donors (Lipinski definition) is 0. The maximum atomic E-state index is 11.0. The van der Waals surface area contributed by atoms with Crippen molar-refractivity contribution in [1.29, 1.82) is 0 Å². The summed E-state index contributed by atoms with van der Waals surface area (Å²) in [5.74, 6) is 0. The minimum absolute atomic E-state index is 0.352. The molecular formula is C6H7BrN2O2. The van der Waals surface area contributed by atoms with E-state index in [0.29, 0.717) is 11.2 Å². The summed E-state index contributed by atoms with van der Waals surface area (Å²) >= 11 is 3.14. The number of nitrogens with zero attached hydrogens (tertiary/aromatic N) is 2. The lowest BCUT2D eigenvalue weighted by molar-refractivity contribution is 0.149. The molecule has 0 N–H and O–H groups in total. The number of ether oxygens (including phenoxy) is 1. The monoisotopic (exact) mass is 218 g/mol. The van der Waals surface area contributed by atoms with Gasteiger partial charge in [0, 0.05) is 0 Å². The highest BCUT2D eigenvalue weighted by Gasteiger charge is 2.07. The molecule has 60 valence electrons. The Morgan fingerprint density at radius 3 is 3.09 bits per heavy atom. The van der Waals surface area contributed by atoms with Gasteiger partial charge >= 0.3 is 6.09 Å². The molecule has 0 amide bonds. The van der Waals surface area contributed by atoms with E-state index in [1.807, 2.05) is 0 Å². The molecule has 0 saturated carbocycles. The maximum absolute atomic E-state index is 11.0. The molecule has 0 aliphatic rings. The molecule has 0 atom stereocenters. The fourth-order valence-corrected chi connectivity index (χ4v) is 0.961. The summed E-state index contributed by atoms with van der Waals surface area (Å²) in [6.45, 7) is 2.10. The highest BCUT2D eigenvalue weighted by Crippen LogP contribution is 2.07. The molecule has 11 heavy (non-hydrogen) atoms. The van der Waals surface area contributed by atoms with Crippen LogP contribution in [0.1, 0.15) is 6.92 Å². The second-order valence-electron chi connectivity index (χ2n) is 1.76. The van der Waals surface area contributed by atoms with Crippen LogP contribution in [0.2, 0.25) is 0 Å². The zero-order valence-corrected chi connectivity index (χ0v) is 7.54. The van der Waals surface area contributed by atoms with Crippen molar-refractivity contribution in [3.05, 3.63) is 16.9 Å². The zero-order valence-electron chi connectivity index (χ0n) is 5.95. The van der Waals surface area contributed by atoms with Crippen LogP contribution in [0.15, 0.2) is 16.9 Å². The van der Waals surface area contributed by atoms with Crippen LogP contribution in [0.3, 0.4) is 0 Å². The predicted molar refractivity (Wildman–Crippen MR) is 42.3 cm³/mol. The Hall–Kier alpha value is -0.840. The molecule has 0 aliphatic carbocycles. The van der Waals surface area contributed by atoms with Crippen LogP contribution in [0, 0.1) is 0 Å². The van der Waals surface area contributed by atoms with Crippen molar-refractivity contribution in [1.82, 2.24) is 9.78 Å². The van der Waals surface area contributed by atoms with E-state index in [0.717, 1.165) is 4.68 Å². The second-order valence-corrected chi connectivity index (χ2v) is 2.58. The summed E-state index contributed by atoms with van der Waals surface area (Å²) in [7, 11) is 0. The highest BCUT2D eigenvalue weighted by molar-refractivity contribution is 9.10. The number of carbonyl (C=O) groups excluding carboxylic acids is 1. The van der Waals surface area contributed by atoms with Gasteiger partial charge in [-0.1, -0.05) is 0 Å². The van der Waals surface area contributed by atoms with Crippen LogP contribution in [-0.2, 0) is 4.74 Å². The van der Waals surface area contributed by atoms with Gasteiger partial charge in [0.25, 0.3) is 0 Å². The van der Waals surface area contributed by atoms with Crippen LogP contribution in [0.5, 0.6) is 0 Å². The lowest BCUT2D eigenvalue weighted by atomic mass is 10.7. The van der Waals surface area contributed by atoms with Gasteiger partial charge in [0.2, 0.25) is 0 Å². The molecule has 0 unspecified atom stereocenters. The average molecular weight is 219 g/mol. The van der Waals surface area contributed by atoms with Crippen molar-refractivity contribution in [2.24, 2.45) is 0 Å². The van der Waals surface area contributed by atoms with E-state index in [9.17, 15) is 4.79 Å². The quantitative estimate of drug-likeness (QED) is 0.721. The van der Waals surface area contributed by atoms with Crippen LogP contribution in [-0.4, -0.2) is 22.5 Å². The first-order valence-corrected chi connectivity index (χ1v) is 3.91. The van der Waals surface area contributed by atoms with Crippen molar-refractivity contribution >= 4 is 22.0 Å². The summed E-state index contributed by atoms with van der Waals surface area (Å²) in [6, 6.07) is 1.66. The minimum atomic E-state index is -0.468. The van der Waals surface area contributed by atoms with Gasteiger partial charge in [-0.05, 0) is 28.9 Å². The lowest BCUT2D eigenvalue weighted by Crippen LogP contribution is -2.14. The largest absolute Gasteiger partial charge is 0.448 e. The zero-order chi connectivity index (χ0) is 8.27. The van der Waals surface area contributed by atoms with Gasteiger partial charge < -0.3 is 4.74 Å². The fourth-order valence-electron chi connectivity index (χ4n) is 0.606. The topological polar surface area (TPSA) is 44.1 Å². The molecule has 1 aromatic rings. The molecule has 1 aromatic heterocycles. The predicted octanol–water partition coefficient (Wildman–Crippen LogP) is 1.65. The van der Waals surface area contributed by atoms with Gasteiger partial charge in [-0.25, -0.2) is 4.79 Å². The summed E-state index contributed by atoms with van der Waals surface area (Å²) in [6.07, 6.45) is 1.05. The SMILES string of the molecule is CCOC(=O)n1nccc1Br. The molecule has 0 saturated heterocycles. The van der Waals surface area contributed by atoms with Gasteiger partial charge in [-0.15, -0.1) is 0 Å². The number of halogens is 1. The Labute approximate surface area is 72.3 Å². The van der Waals surface area contributed by atoms with Crippen LogP contribution < -0.4 is 0 Å². The van der Waals surface area contributed by atoms with E-state index in [2.05, 4.69) is 21.0 Å². The van der Waals surface area contributed by atoms with Gasteiger partial charge in [0.15, 0.2) is 0 Å². The average Bonchev–Trinajstić information content (AvgIpc) is 2.36. The molecule has 0 aromatic carbocycles. The maximum Gasteiger partial charge on any atom is 0.435 e. The summed E-state index contributed by atoms with van der Waals surface area (Å²) < 4.78 is 6.43.